The number of nitrogens with zero attached hydrogens (tertiary/aromatic N) is 3. The van der Waals surface area contributed by atoms with Gasteiger partial charge in [-0.1, -0.05) is 11.6 Å². The van der Waals surface area contributed by atoms with Crippen molar-refractivity contribution in [1.82, 2.24) is 14.9 Å². The van der Waals surface area contributed by atoms with Crippen LogP contribution in [0.4, 0.5) is 5.82 Å². The molecule has 1 unspecified atom stereocenters. The van der Waals surface area contributed by atoms with Crippen LogP contribution in [0.25, 0.3) is 0 Å². The van der Waals surface area contributed by atoms with Gasteiger partial charge in [0, 0.05) is 19.1 Å². The Morgan fingerprint density at radius 3 is 3.00 bits per heavy atom. The molecule has 2 fully saturated rings. The Kier molecular flexibility index (Phi) is 3.75. The zero-order valence-corrected chi connectivity index (χ0v) is 11.9. The monoisotopic (exact) mass is 282 g/mol. The van der Waals surface area contributed by atoms with Gasteiger partial charge in [0.15, 0.2) is 16.7 Å². The van der Waals surface area contributed by atoms with Crippen LogP contribution >= 0.6 is 11.6 Å². The van der Waals surface area contributed by atoms with Gasteiger partial charge < -0.3 is 15.0 Å². The summed E-state index contributed by atoms with van der Waals surface area (Å²) in [5.74, 6) is 1.90. The number of ether oxygens (including phenoxy) is 1. The Balaban J connectivity index is 1.56. The molecule has 1 saturated carbocycles. The first-order valence-electron chi connectivity index (χ1n) is 6.80. The van der Waals surface area contributed by atoms with Crippen molar-refractivity contribution in [3.8, 4) is 5.75 Å². The lowest BCUT2D eigenvalue weighted by molar-refractivity contribution is 0.316. The summed E-state index contributed by atoms with van der Waals surface area (Å²) in [6, 6.07) is 0.869. The summed E-state index contributed by atoms with van der Waals surface area (Å²) in [6.45, 7) is 3.34. The second-order valence-corrected chi connectivity index (χ2v) is 5.67. The molecule has 1 saturated heterocycles. The summed E-state index contributed by atoms with van der Waals surface area (Å²) >= 11 is 5.97. The third-order valence-corrected chi connectivity index (χ3v) is 4.17. The Hall–Kier alpha value is -1.07. The third kappa shape index (κ3) is 2.92. The minimum atomic E-state index is 0.353. The van der Waals surface area contributed by atoms with Crippen LogP contribution in [-0.4, -0.2) is 47.7 Å². The predicted octanol–water partition coefficient (Wildman–Crippen LogP) is 2.03. The Morgan fingerprint density at radius 2 is 2.26 bits per heavy atom. The predicted molar refractivity (Wildman–Crippen MR) is 74.8 cm³/mol. The number of hydrogen-bond acceptors (Lipinski definition) is 5. The molecule has 1 aliphatic heterocycles. The lowest BCUT2D eigenvalue weighted by Gasteiger charge is -2.16. The van der Waals surface area contributed by atoms with E-state index in [1.54, 1.807) is 7.11 Å². The first kappa shape index (κ1) is 12.9. The number of hydrogen-bond donors (Lipinski definition) is 1. The van der Waals surface area contributed by atoms with Crippen LogP contribution in [-0.2, 0) is 0 Å². The fourth-order valence-electron chi connectivity index (χ4n) is 2.70. The molecule has 0 aromatic carbocycles. The van der Waals surface area contributed by atoms with Gasteiger partial charge in [-0.25, -0.2) is 9.97 Å². The van der Waals surface area contributed by atoms with E-state index < -0.39 is 0 Å². The minimum absolute atomic E-state index is 0.353. The van der Waals surface area contributed by atoms with Gasteiger partial charge in [-0.2, -0.15) is 0 Å². The van der Waals surface area contributed by atoms with Gasteiger partial charge in [0.05, 0.1) is 7.11 Å². The molecule has 6 heteroatoms. The van der Waals surface area contributed by atoms with Crippen LogP contribution in [0.1, 0.15) is 19.3 Å². The molecule has 2 heterocycles. The van der Waals surface area contributed by atoms with Gasteiger partial charge in [0.25, 0.3) is 0 Å². The maximum Gasteiger partial charge on any atom is 0.198 e. The van der Waals surface area contributed by atoms with Crippen LogP contribution in [0.2, 0.25) is 5.15 Å². The van der Waals surface area contributed by atoms with E-state index in [2.05, 4.69) is 20.2 Å². The highest BCUT2D eigenvalue weighted by Gasteiger charge is 2.34. The molecule has 3 rings (SSSR count). The first-order chi connectivity index (χ1) is 9.28. The van der Waals surface area contributed by atoms with Crippen LogP contribution in [0.3, 0.4) is 0 Å². The molecule has 0 radical (unpaired) electrons. The van der Waals surface area contributed by atoms with E-state index in [9.17, 15) is 0 Å². The lowest BCUT2D eigenvalue weighted by atomic mass is 10.1. The normalized spacial score (nSPS) is 23.6. The van der Waals surface area contributed by atoms with Crippen molar-refractivity contribution in [2.45, 2.75) is 25.3 Å². The Morgan fingerprint density at radius 1 is 1.42 bits per heavy atom. The average molecular weight is 283 g/mol. The second-order valence-electron chi connectivity index (χ2n) is 5.31. The summed E-state index contributed by atoms with van der Waals surface area (Å²) in [4.78, 5) is 10.7. The van der Waals surface area contributed by atoms with Gasteiger partial charge in [0.1, 0.15) is 6.33 Å². The summed E-state index contributed by atoms with van der Waals surface area (Å²) in [5.41, 5.74) is 0. The van der Waals surface area contributed by atoms with Gasteiger partial charge in [0.2, 0.25) is 0 Å². The quantitative estimate of drug-likeness (QED) is 0.838. The van der Waals surface area contributed by atoms with E-state index in [-0.39, 0.29) is 0 Å². The molecule has 1 aliphatic carbocycles. The Labute approximate surface area is 118 Å². The number of likely N-dealkylation sites (tertiary alicyclic amines) is 1. The van der Waals surface area contributed by atoms with E-state index in [0.29, 0.717) is 22.6 Å². The smallest absolute Gasteiger partial charge is 0.198 e. The molecule has 1 atom stereocenters. The average Bonchev–Trinajstić information content (AvgIpc) is 3.16. The fraction of sp³-hybridized carbons (Fsp3) is 0.692. The highest BCUT2D eigenvalue weighted by molar-refractivity contribution is 6.31. The SMILES string of the molecule is COc1c(Cl)ncnc1NCC1CCN(C2CC2)C1. The second kappa shape index (κ2) is 5.51. The highest BCUT2D eigenvalue weighted by atomic mass is 35.5. The van der Waals surface area contributed by atoms with E-state index in [1.165, 1.54) is 38.7 Å². The summed E-state index contributed by atoms with van der Waals surface area (Å²) in [5, 5.41) is 3.69. The summed E-state index contributed by atoms with van der Waals surface area (Å²) < 4.78 is 5.23. The number of rotatable bonds is 5. The lowest BCUT2D eigenvalue weighted by Crippen LogP contribution is -2.25. The molecule has 104 valence electrons. The van der Waals surface area contributed by atoms with Gasteiger partial charge >= 0.3 is 0 Å². The minimum Gasteiger partial charge on any atom is -0.490 e. The highest BCUT2D eigenvalue weighted by Crippen LogP contribution is 2.32. The largest absolute Gasteiger partial charge is 0.490 e. The molecule has 0 spiro atoms. The van der Waals surface area contributed by atoms with E-state index >= 15 is 0 Å². The van der Waals surface area contributed by atoms with Crippen molar-refractivity contribution in [3.63, 3.8) is 0 Å². The summed E-state index contributed by atoms with van der Waals surface area (Å²) in [7, 11) is 1.58. The van der Waals surface area contributed by atoms with Gasteiger partial charge in [-0.15, -0.1) is 0 Å². The molecule has 0 bridgehead atoms. The van der Waals surface area contributed by atoms with Crippen LogP contribution in [0.5, 0.6) is 5.75 Å². The van der Waals surface area contributed by atoms with Crippen LogP contribution in [0.15, 0.2) is 6.33 Å². The number of methoxy groups -OCH3 is 1. The maximum absolute atomic E-state index is 5.97. The van der Waals surface area contributed by atoms with Crippen molar-refractivity contribution in [1.29, 1.82) is 0 Å². The van der Waals surface area contributed by atoms with Crippen LogP contribution in [0, 0.1) is 5.92 Å². The zero-order valence-electron chi connectivity index (χ0n) is 11.1. The number of aromatic nitrogens is 2. The molecule has 1 aromatic rings. The molecule has 1 N–H and O–H groups in total. The van der Waals surface area contributed by atoms with Crippen molar-refractivity contribution in [2.24, 2.45) is 5.92 Å². The zero-order chi connectivity index (χ0) is 13.2. The van der Waals surface area contributed by atoms with E-state index in [0.717, 1.165) is 12.6 Å². The molecule has 1 aromatic heterocycles. The van der Waals surface area contributed by atoms with E-state index in [1.807, 2.05) is 0 Å². The number of anilines is 1. The standard InChI is InChI=1S/C13H19ClN4O/c1-19-11-12(14)16-8-17-13(11)15-6-9-4-5-18(7-9)10-2-3-10/h8-10H,2-7H2,1H3,(H,15,16,17). The van der Waals surface area contributed by atoms with Gasteiger partial charge in [-0.3, -0.25) is 0 Å². The van der Waals surface area contributed by atoms with Crippen molar-refractivity contribution in [2.75, 3.05) is 32.1 Å². The van der Waals surface area contributed by atoms with Gasteiger partial charge in [-0.05, 0) is 31.7 Å². The molecular formula is C13H19ClN4O. The van der Waals surface area contributed by atoms with E-state index in [4.69, 9.17) is 16.3 Å². The molecule has 2 aliphatic rings. The van der Waals surface area contributed by atoms with Crippen molar-refractivity contribution < 1.29 is 4.74 Å². The number of halogens is 1. The molecule has 0 amide bonds. The first-order valence-corrected chi connectivity index (χ1v) is 7.18. The number of nitrogens with one attached hydrogen (secondary N) is 1. The molecular weight excluding hydrogens is 264 g/mol. The fourth-order valence-corrected chi connectivity index (χ4v) is 2.91. The van der Waals surface area contributed by atoms with Crippen LogP contribution < -0.4 is 10.1 Å². The van der Waals surface area contributed by atoms with Crippen molar-refractivity contribution >= 4 is 17.4 Å². The Bertz CT molecular complexity index is 452. The maximum atomic E-state index is 5.97. The topological polar surface area (TPSA) is 50.3 Å². The summed E-state index contributed by atoms with van der Waals surface area (Å²) in [6.07, 6.45) is 5.48. The van der Waals surface area contributed by atoms with Crippen molar-refractivity contribution in [3.05, 3.63) is 11.5 Å². The molecule has 19 heavy (non-hydrogen) atoms. The molecule has 5 nitrogen and oxygen atoms in total. The third-order valence-electron chi connectivity index (χ3n) is 3.90.